The number of carboxylic acid groups (broad SMARTS) is 1. The number of aryl methyl sites for hydroxylation is 1. The normalized spacial score (nSPS) is 11.2. The fourth-order valence-electron chi connectivity index (χ4n) is 3.26. The van der Waals surface area contributed by atoms with Gasteiger partial charge in [-0.05, 0) is 53.6 Å². The molecule has 2 aromatic rings. The van der Waals surface area contributed by atoms with Crippen LogP contribution in [0.4, 0.5) is 0 Å². The molecule has 0 heterocycles. The molecule has 0 saturated carbocycles. The lowest BCUT2D eigenvalue weighted by atomic mass is 9.95. The molecular weight excluding hydrogens is 332 g/mol. The summed E-state index contributed by atoms with van der Waals surface area (Å²) < 4.78 is 0. The van der Waals surface area contributed by atoms with Crippen molar-refractivity contribution in [1.82, 2.24) is 0 Å². The molecule has 0 spiro atoms. The third-order valence-corrected chi connectivity index (χ3v) is 4.87. The van der Waals surface area contributed by atoms with Crippen molar-refractivity contribution in [2.75, 3.05) is 0 Å². The van der Waals surface area contributed by atoms with E-state index in [4.69, 9.17) is 0 Å². The Morgan fingerprint density at radius 1 is 0.926 bits per heavy atom. The molecule has 0 amide bonds. The van der Waals surface area contributed by atoms with Gasteiger partial charge in [-0.1, -0.05) is 88.4 Å². The third-order valence-electron chi connectivity index (χ3n) is 4.87. The summed E-state index contributed by atoms with van der Waals surface area (Å²) in [7, 11) is 0. The van der Waals surface area contributed by atoms with Gasteiger partial charge in [-0.25, -0.2) is 4.79 Å². The predicted molar refractivity (Wildman–Crippen MR) is 115 cm³/mol. The van der Waals surface area contributed by atoms with Crippen molar-refractivity contribution in [2.24, 2.45) is 0 Å². The molecule has 0 atom stereocenters. The smallest absolute Gasteiger partial charge is 0.336 e. The summed E-state index contributed by atoms with van der Waals surface area (Å²) in [5, 5.41) is 9.56. The fourth-order valence-corrected chi connectivity index (χ4v) is 3.26. The maximum absolute atomic E-state index is 11.6. The van der Waals surface area contributed by atoms with Crippen LogP contribution in [0.1, 0.15) is 80.3 Å². The lowest BCUT2D eigenvalue weighted by Gasteiger charge is -2.09. The molecule has 0 aliphatic carbocycles. The zero-order valence-electron chi connectivity index (χ0n) is 16.7. The summed E-state index contributed by atoms with van der Waals surface area (Å²) in [6.07, 6.45) is 13.9. The van der Waals surface area contributed by atoms with Gasteiger partial charge < -0.3 is 5.11 Å². The number of allylic oxidation sites excluding steroid dienone is 1. The molecule has 27 heavy (non-hydrogen) atoms. The monoisotopic (exact) mass is 364 g/mol. The first-order valence-corrected chi connectivity index (χ1v) is 10.3. The lowest BCUT2D eigenvalue weighted by Crippen LogP contribution is -2.00. The van der Waals surface area contributed by atoms with Crippen molar-refractivity contribution >= 4 is 12.0 Å². The van der Waals surface area contributed by atoms with E-state index in [0.717, 1.165) is 36.0 Å². The van der Waals surface area contributed by atoms with Crippen LogP contribution in [0.3, 0.4) is 0 Å². The number of aromatic carboxylic acids is 1. The van der Waals surface area contributed by atoms with Gasteiger partial charge in [-0.15, -0.1) is 0 Å². The second-order valence-electron chi connectivity index (χ2n) is 7.16. The van der Waals surface area contributed by atoms with Gasteiger partial charge in [0.25, 0.3) is 0 Å². The van der Waals surface area contributed by atoms with Crippen LogP contribution in [0.5, 0.6) is 0 Å². The van der Waals surface area contributed by atoms with Crippen molar-refractivity contribution in [2.45, 2.75) is 65.2 Å². The van der Waals surface area contributed by atoms with Crippen LogP contribution in [-0.2, 0) is 6.42 Å². The number of benzene rings is 2. The number of carbonyl (C=O) groups is 1. The number of hydrogen-bond acceptors (Lipinski definition) is 1. The Labute approximate surface area is 163 Å². The van der Waals surface area contributed by atoms with Gasteiger partial charge in [0.15, 0.2) is 0 Å². The highest BCUT2D eigenvalue weighted by Gasteiger charge is 2.12. The molecule has 2 aromatic carbocycles. The van der Waals surface area contributed by atoms with Gasteiger partial charge in [0.05, 0.1) is 5.56 Å². The van der Waals surface area contributed by atoms with Crippen molar-refractivity contribution in [3.05, 3.63) is 65.2 Å². The van der Waals surface area contributed by atoms with E-state index < -0.39 is 5.97 Å². The Hall–Kier alpha value is -2.35. The second kappa shape index (κ2) is 11.4. The van der Waals surface area contributed by atoms with E-state index in [-0.39, 0.29) is 0 Å². The summed E-state index contributed by atoms with van der Waals surface area (Å²) in [5.74, 6) is -0.880. The van der Waals surface area contributed by atoms with Gasteiger partial charge >= 0.3 is 5.97 Å². The first-order valence-electron chi connectivity index (χ1n) is 10.3. The van der Waals surface area contributed by atoms with Crippen LogP contribution in [-0.4, -0.2) is 11.1 Å². The van der Waals surface area contributed by atoms with Gasteiger partial charge in [0, 0.05) is 0 Å². The Balaban J connectivity index is 2.15. The van der Waals surface area contributed by atoms with Crippen LogP contribution < -0.4 is 0 Å². The Morgan fingerprint density at radius 3 is 2.33 bits per heavy atom. The predicted octanol–water partition coefficient (Wildman–Crippen LogP) is 7.38. The van der Waals surface area contributed by atoms with Gasteiger partial charge in [0.2, 0.25) is 0 Å². The zero-order valence-corrected chi connectivity index (χ0v) is 16.7. The second-order valence-corrected chi connectivity index (χ2v) is 7.16. The van der Waals surface area contributed by atoms with E-state index in [9.17, 15) is 9.90 Å². The van der Waals surface area contributed by atoms with Crippen molar-refractivity contribution < 1.29 is 9.90 Å². The first-order chi connectivity index (χ1) is 13.2. The number of carboxylic acids is 1. The highest BCUT2D eigenvalue weighted by molar-refractivity contribution is 5.96. The van der Waals surface area contributed by atoms with Crippen molar-refractivity contribution in [3.8, 4) is 11.1 Å². The van der Waals surface area contributed by atoms with E-state index in [1.807, 2.05) is 12.1 Å². The lowest BCUT2D eigenvalue weighted by molar-refractivity contribution is 0.0697. The quantitative estimate of drug-likeness (QED) is 0.422. The minimum Gasteiger partial charge on any atom is -0.478 e. The minimum absolute atomic E-state index is 0.356. The highest BCUT2D eigenvalue weighted by Crippen LogP contribution is 2.27. The van der Waals surface area contributed by atoms with E-state index >= 15 is 0 Å². The maximum atomic E-state index is 11.6. The molecule has 2 rings (SSSR count). The number of hydrogen-bond donors (Lipinski definition) is 1. The Kier molecular flexibility index (Phi) is 8.83. The Morgan fingerprint density at radius 2 is 1.67 bits per heavy atom. The van der Waals surface area contributed by atoms with Crippen LogP contribution in [0, 0.1) is 0 Å². The molecule has 0 fully saturated rings. The SMILES string of the molecule is CCCC=Cc1ccc(C(=O)O)c(-c2ccc(CCCCCCC)cc2)c1. The average molecular weight is 365 g/mol. The van der Waals surface area contributed by atoms with E-state index in [0.29, 0.717) is 5.56 Å². The van der Waals surface area contributed by atoms with E-state index in [1.54, 1.807) is 6.07 Å². The molecular formula is C25H32O2. The molecule has 0 bridgehead atoms. The Bertz CT molecular complexity index is 741. The zero-order chi connectivity index (χ0) is 19.5. The first kappa shape index (κ1) is 21.0. The third kappa shape index (κ3) is 6.71. The largest absolute Gasteiger partial charge is 0.478 e. The molecule has 144 valence electrons. The van der Waals surface area contributed by atoms with Crippen LogP contribution in [0.2, 0.25) is 0 Å². The molecule has 0 aliphatic rings. The fraction of sp³-hybridized carbons (Fsp3) is 0.400. The summed E-state index contributed by atoms with van der Waals surface area (Å²) in [5.41, 5.74) is 4.48. The topological polar surface area (TPSA) is 37.3 Å². The van der Waals surface area contributed by atoms with E-state index in [2.05, 4.69) is 50.3 Å². The molecule has 0 aliphatic heterocycles. The van der Waals surface area contributed by atoms with Crippen molar-refractivity contribution in [1.29, 1.82) is 0 Å². The summed E-state index contributed by atoms with van der Waals surface area (Å²) >= 11 is 0. The molecule has 0 saturated heterocycles. The molecule has 2 heteroatoms. The average Bonchev–Trinajstić information content (AvgIpc) is 2.68. The molecule has 0 radical (unpaired) electrons. The maximum Gasteiger partial charge on any atom is 0.336 e. The number of unbranched alkanes of at least 4 members (excludes halogenated alkanes) is 5. The highest BCUT2D eigenvalue weighted by atomic mass is 16.4. The molecule has 1 N–H and O–H groups in total. The molecule has 2 nitrogen and oxygen atoms in total. The van der Waals surface area contributed by atoms with Gasteiger partial charge in [0.1, 0.15) is 0 Å². The van der Waals surface area contributed by atoms with Gasteiger partial charge in [-0.3, -0.25) is 0 Å². The van der Waals surface area contributed by atoms with Crippen molar-refractivity contribution in [3.63, 3.8) is 0 Å². The van der Waals surface area contributed by atoms with Gasteiger partial charge in [-0.2, -0.15) is 0 Å². The van der Waals surface area contributed by atoms with Crippen LogP contribution >= 0.6 is 0 Å². The molecule has 0 unspecified atom stereocenters. The van der Waals surface area contributed by atoms with Crippen LogP contribution in [0.15, 0.2) is 48.5 Å². The minimum atomic E-state index is -0.880. The van der Waals surface area contributed by atoms with E-state index in [1.165, 1.54) is 37.7 Å². The summed E-state index contributed by atoms with van der Waals surface area (Å²) in [4.78, 5) is 11.6. The van der Waals surface area contributed by atoms with Crippen LogP contribution in [0.25, 0.3) is 17.2 Å². The summed E-state index contributed by atoms with van der Waals surface area (Å²) in [6.45, 7) is 4.38. The number of rotatable bonds is 11. The summed E-state index contributed by atoms with van der Waals surface area (Å²) in [6, 6.07) is 14.0. The molecule has 0 aromatic heterocycles. The standard InChI is InChI=1S/C25H32O2/c1-3-5-7-8-10-11-20-13-16-22(17-14-20)24-19-21(12-9-6-4-2)15-18-23(24)25(26)27/h9,12-19H,3-8,10-11H2,1-2H3,(H,26,27).